The van der Waals surface area contributed by atoms with Crippen LogP contribution < -0.4 is 0 Å². The molecule has 100 valence electrons. The molecule has 2 aromatic rings. The van der Waals surface area contributed by atoms with E-state index in [4.69, 9.17) is 16.3 Å². The summed E-state index contributed by atoms with van der Waals surface area (Å²) in [5.74, 6) is -1.12. The van der Waals surface area contributed by atoms with Crippen LogP contribution in [0.2, 0.25) is 5.15 Å². The molecule has 2 rings (SSSR count). The van der Waals surface area contributed by atoms with E-state index in [9.17, 15) is 9.90 Å². The van der Waals surface area contributed by atoms with E-state index in [2.05, 4.69) is 5.10 Å². The molecule has 0 atom stereocenters. The number of aromatic nitrogens is 2. The van der Waals surface area contributed by atoms with Gasteiger partial charge in [0.25, 0.3) is 0 Å². The summed E-state index contributed by atoms with van der Waals surface area (Å²) in [6.07, 6.45) is 0. The van der Waals surface area contributed by atoms with Crippen LogP contribution in [-0.4, -0.2) is 28.0 Å². The van der Waals surface area contributed by atoms with Crippen molar-refractivity contribution in [2.45, 2.75) is 13.5 Å². The number of carboxylic acids is 1. The van der Waals surface area contributed by atoms with Crippen LogP contribution in [0.4, 0.5) is 0 Å². The number of aromatic carboxylic acids is 1. The zero-order chi connectivity index (χ0) is 14.0. The maximum atomic E-state index is 11.2. The van der Waals surface area contributed by atoms with E-state index in [0.717, 1.165) is 5.56 Å². The molecule has 0 spiro atoms. The van der Waals surface area contributed by atoms with Crippen LogP contribution in [-0.2, 0) is 11.3 Å². The zero-order valence-electron chi connectivity index (χ0n) is 10.6. The Bertz CT molecular complexity index is 605. The molecule has 0 fully saturated rings. The van der Waals surface area contributed by atoms with Crippen molar-refractivity contribution in [1.82, 2.24) is 9.78 Å². The van der Waals surface area contributed by atoms with Crippen molar-refractivity contribution in [3.8, 4) is 5.69 Å². The molecule has 0 amide bonds. The van der Waals surface area contributed by atoms with Gasteiger partial charge in [-0.25, -0.2) is 9.48 Å². The molecule has 1 N–H and O–H groups in total. The number of nitrogens with zero attached hydrogens (tertiary/aromatic N) is 2. The third-order valence-corrected chi connectivity index (χ3v) is 3.02. The van der Waals surface area contributed by atoms with E-state index >= 15 is 0 Å². The Hall–Kier alpha value is -1.85. The van der Waals surface area contributed by atoms with Crippen LogP contribution in [0.1, 0.15) is 21.6 Å². The molecule has 5 nitrogen and oxygen atoms in total. The van der Waals surface area contributed by atoms with Crippen LogP contribution in [0.15, 0.2) is 24.3 Å². The second-order valence-electron chi connectivity index (χ2n) is 4.10. The molecule has 1 aromatic carbocycles. The molecule has 19 heavy (non-hydrogen) atoms. The molecule has 0 aliphatic heterocycles. The Morgan fingerprint density at radius 3 is 2.58 bits per heavy atom. The Morgan fingerprint density at radius 2 is 2.05 bits per heavy atom. The molecule has 0 bridgehead atoms. The summed E-state index contributed by atoms with van der Waals surface area (Å²) in [6.45, 7) is 2.06. The van der Waals surface area contributed by atoms with Gasteiger partial charge in [-0.05, 0) is 19.1 Å². The van der Waals surface area contributed by atoms with E-state index < -0.39 is 5.97 Å². The zero-order valence-corrected chi connectivity index (χ0v) is 11.3. The van der Waals surface area contributed by atoms with E-state index in [0.29, 0.717) is 11.4 Å². The van der Waals surface area contributed by atoms with E-state index in [-0.39, 0.29) is 17.3 Å². The number of carboxylic acid groups (broad SMARTS) is 1. The van der Waals surface area contributed by atoms with Gasteiger partial charge in [-0.15, -0.1) is 0 Å². The van der Waals surface area contributed by atoms with Crippen LogP contribution in [0.25, 0.3) is 5.69 Å². The third-order valence-electron chi connectivity index (χ3n) is 2.68. The van der Waals surface area contributed by atoms with Crippen molar-refractivity contribution in [2.75, 3.05) is 7.11 Å². The molecular formula is C13H13ClN2O3. The normalized spacial score (nSPS) is 10.7. The number of methoxy groups -OCH3 is 1. The first-order valence-corrected chi connectivity index (χ1v) is 5.99. The van der Waals surface area contributed by atoms with Crippen molar-refractivity contribution in [2.24, 2.45) is 0 Å². The highest BCUT2D eigenvalue weighted by Crippen LogP contribution is 2.24. The highest BCUT2D eigenvalue weighted by Gasteiger charge is 2.22. The molecule has 1 heterocycles. The second kappa shape index (κ2) is 5.42. The highest BCUT2D eigenvalue weighted by molar-refractivity contribution is 6.32. The van der Waals surface area contributed by atoms with Gasteiger partial charge in [-0.2, -0.15) is 5.10 Å². The van der Waals surface area contributed by atoms with Gasteiger partial charge in [-0.1, -0.05) is 29.3 Å². The largest absolute Gasteiger partial charge is 0.478 e. The minimum Gasteiger partial charge on any atom is -0.478 e. The molecule has 0 saturated heterocycles. The van der Waals surface area contributed by atoms with Crippen LogP contribution >= 0.6 is 11.6 Å². The van der Waals surface area contributed by atoms with Crippen molar-refractivity contribution in [1.29, 1.82) is 0 Å². The standard InChI is InChI=1S/C13H13ClN2O3/c1-8-3-5-9(6-4-8)16-12(14)11(13(17)18)10(15-16)7-19-2/h3-6H,7H2,1-2H3,(H,17,18). The summed E-state index contributed by atoms with van der Waals surface area (Å²) >= 11 is 6.10. The number of hydrogen-bond donors (Lipinski definition) is 1. The lowest BCUT2D eigenvalue weighted by atomic mass is 10.2. The van der Waals surface area contributed by atoms with Crippen LogP contribution in [0.3, 0.4) is 0 Å². The summed E-state index contributed by atoms with van der Waals surface area (Å²) < 4.78 is 6.35. The van der Waals surface area contributed by atoms with Crippen LogP contribution in [0, 0.1) is 6.92 Å². The van der Waals surface area contributed by atoms with Gasteiger partial charge in [0, 0.05) is 7.11 Å². The van der Waals surface area contributed by atoms with Gasteiger partial charge in [0.1, 0.15) is 16.4 Å². The molecule has 0 radical (unpaired) electrons. The molecule has 0 unspecified atom stereocenters. The summed E-state index contributed by atoms with van der Waals surface area (Å²) in [4.78, 5) is 11.2. The summed E-state index contributed by atoms with van der Waals surface area (Å²) in [6, 6.07) is 7.47. The summed E-state index contributed by atoms with van der Waals surface area (Å²) in [5.41, 5.74) is 2.09. The quantitative estimate of drug-likeness (QED) is 0.935. The van der Waals surface area contributed by atoms with Crippen molar-refractivity contribution in [3.05, 3.63) is 46.2 Å². The number of halogens is 1. The number of benzene rings is 1. The SMILES string of the molecule is COCc1nn(-c2ccc(C)cc2)c(Cl)c1C(=O)O. The predicted molar refractivity (Wildman–Crippen MR) is 71.0 cm³/mol. The number of ether oxygens (including phenoxy) is 1. The second-order valence-corrected chi connectivity index (χ2v) is 4.46. The lowest BCUT2D eigenvalue weighted by Gasteiger charge is -2.03. The topological polar surface area (TPSA) is 64.4 Å². The Labute approximate surface area is 115 Å². The predicted octanol–water partition coefficient (Wildman–Crippen LogP) is 2.68. The van der Waals surface area contributed by atoms with Crippen LogP contribution in [0.5, 0.6) is 0 Å². The monoisotopic (exact) mass is 280 g/mol. The molecule has 1 aromatic heterocycles. The smallest absolute Gasteiger partial charge is 0.340 e. The minimum absolute atomic E-state index is 0.0240. The Morgan fingerprint density at radius 1 is 1.42 bits per heavy atom. The average Bonchev–Trinajstić information content (AvgIpc) is 2.68. The maximum Gasteiger partial charge on any atom is 0.340 e. The fraction of sp³-hybridized carbons (Fsp3) is 0.231. The fourth-order valence-corrected chi connectivity index (χ4v) is 2.07. The molecule has 6 heteroatoms. The van der Waals surface area contributed by atoms with Crippen molar-refractivity contribution >= 4 is 17.6 Å². The first-order valence-electron chi connectivity index (χ1n) is 5.61. The molecule has 0 saturated carbocycles. The number of aryl methyl sites for hydroxylation is 1. The number of hydrogen-bond acceptors (Lipinski definition) is 3. The molecule has 0 aliphatic carbocycles. The summed E-state index contributed by atoms with van der Waals surface area (Å²) in [5, 5.41) is 13.5. The molecule has 0 aliphatic rings. The number of carbonyl (C=O) groups is 1. The first kappa shape index (κ1) is 13.6. The maximum absolute atomic E-state index is 11.2. The lowest BCUT2D eigenvalue weighted by Crippen LogP contribution is -2.01. The third kappa shape index (κ3) is 2.62. The van der Waals surface area contributed by atoms with Gasteiger partial charge in [-0.3, -0.25) is 0 Å². The average molecular weight is 281 g/mol. The van der Waals surface area contributed by atoms with Gasteiger partial charge < -0.3 is 9.84 Å². The van der Waals surface area contributed by atoms with Gasteiger partial charge in [0.15, 0.2) is 0 Å². The van der Waals surface area contributed by atoms with Gasteiger partial charge in [0.05, 0.1) is 12.3 Å². The Balaban J connectivity index is 2.55. The van der Waals surface area contributed by atoms with E-state index in [1.54, 1.807) is 0 Å². The van der Waals surface area contributed by atoms with Gasteiger partial charge in [0.2, 0.25) is 0 Å². The highest BCUT2D eigenvalue weighted by atomic mass is 35.5. The summed E-state index contributed by atoms with van der Waals surface area (Å²) in [7, 11) is 1.48. The first-order chi connectivity index (χ1) is 9.04. The lowest BCUT2D eigenvalue weighted by molar-refractivity contribution is 0.0692. The fourth-order valence-electron chi connectivity index (χ4n) is 1.75. The number of rotatable bonds is 4. The van der Waals surface area contributed by atoms with Crippen molar-refractivity contribution < 1.29 is 14.6 Å². The molecular weight excluding hydrogens is 268 g/mol. The van der Waals surface area contributed by atoms with E-state index in [1.165, 1.54) is 11.8 Å². The van der Waals surface area contributed by atoms with Crippen molar-refractivity contribution in [3.63, 3.8) is 0 Å². The Kier molecular flexibility index (Phi) is 3.87. The minimum atomic E-state index is -1.12. The van der Waals surface area contributed by atoms with E-state index in [1.807, 2.05) is 31.2 Å². The van der Waals surface area contributed by atoms with Gasteiger partial charge >= 0.3 is 5.97 Å².